The van der Waals surface area contributed by atoms with Gasteiger partial charge in [0.05, 0.1) is 5.52 Å². The summed E-state index contributed by atoms with van der Waals surface area (Å²) in [6.45, 7) is 0. The normalized spacial score (nSPS) is 15.3. The van der Waals surface area contributed by atoms with Gasteiger partial charge in [0.15, 0.2) is 0 Å². The second-order valence-electron chi connectivity index (χ2n) is 4.45. The molecule has 0 bridgehead atoms. The van der Waals surface area contributed by atoms with Crippen LogP contribution < -0.4 is 10.6 Å². The van der Waals surface area contributed by atoms with E-state index >= 15 is 0 Å². The number of benzene rings is 1. The van der Waals surface area contributed by atoms with Crippen LogP contribution in [-0.4, -0.2) is 18.1 Å². The first-order valence-corrected chi connectivity index (χ1v) is 5.63. The standard InChI is InChI=1S/C13H15N3/c1-16(10-3-4-10)13-6-7-15-12-8-9(14)2-5-11(12)13/h2,5-8,10H,3-4,14H2,1H3. The van der Waals surface area contributed by atoms with E-state index in [2.05, 4.69) is 29.1 Å². The highest BCUT2D eigenvalue weighted by Gasteiger charge is 2.27. The summed E-state index contributed by atoms with van der Waals surface area (Å²) in [5.74, 6) is 0. The lowest BCUT2D eigenvalue weighted by Crippen LogP contribution is -2.19. The highest BCUT2D eigenvalue weighted by molar-refractivity contribution is 5.93. The van der Waals surface area contributed by atoms with Crippen LogP contribution in [0.3, 0.4) is 0 Å². The van der Waals surface area contributed by atoms with Gasteiger partial charge in [-0.1, -0.05) is 0 Å². The van der Waals surface area contributed by atoms with Gasteiger partial charge in [-0.05, 0) is 37.1 Å². The molecule has 0 saturated heterocycles. The number of nitrogens with zero attached hydrogens (tertiary/aromatic N) is 2. The molecule has 1 aliphatic carbocycles. The fourth-order valence-corrected chi connectivity index (χ4v) is 2.12. The molecular weight excluding hydrogens is 198 g/mol. The third-order valence-electron chi connectivity index (χ3n) is 3.22. The molecule has 0 aliphatic heterocycles. The minimum absolute atomic E-state index is 0.711. The predicted octanol–water partition coefficient (Wildman–Crippen LogP) is 2.42. The predicted molar refractivity (Wildman–Crippen MR) is 67.6 cm³/mol. The molecule has 0 spiro atoms. The zero-order valence-electron chi connectivity index (χ0n) is 9.35. The third-order valence-corrected chi connectivity index (χ3v) is 3.22. The van der Waals surface area contributed by atoms with E-state index in [1.54, 1.807) is 0 Å². The van der Waals surface area contributed by atoms with E-state index in [1.807, 2.05) is 18.3 Å². The number of rotatable bonds is 2. The number of pyridine rings is 1. The van der Waals surface area contributed by atoms with Gasteiger partial charge in [0.25, 0.3) is 0 Å². The summed E-state index contributed by atoms with van der Waals surface area (Å²) in [6, 6.07) is 8.72. The first-order chi connectivity index (χ1) is 7.75. The van der Waals surface area contributed by atoms with Gasteiger partial charge in [0, 0.05) is 36.0 Å². The molecule has 0 atom stereocenters. The van der Waals surface area contributed by atoms with E-state index in [-0.39, 0.29) is 0 Å². The lowest BCUT2D eigenvalue weighted by atomic mass is 10.1. The van der Waals surface area contributed by atoms with Crippen molar-refractivity contribution in [3.8, 4) is 0 Å². The summed E-state index contributed by atoms with van der Waals surface area (Å²) in [4.78, 5) is 6.71. The van der Waals surface area contributed by atoms with Gasteiger partial charge >= 0.3 is 0 Å². The van der Waals surface area contributed by atoms with Crippen LogP contribution in [0.2, 0.25) is 0 Å². The molecule has 82 valence electrons. The molecule has 1 heterocycles. The van der Waals surface area contributed by atoms with Gasteiger partial charge in [-0.15, -0.1) is 0 Å². The Labute approximate surface area is 94.9 Å². The number of fused-ring (bicyclic) bond motifs is 1. The largest absolute Gasteiger partial charge is 0.399 e. The van der Waals surface area contributed by atoms with Crippen molar-refractivity contribution in [3.05, 3.63) is 30.5 Å². The van der Waals surface area contributed by atoms with E-state index in [9.17, 15) is 0 Å². The maximum atomic E-state index is 5.77. The number of hydrogen-bond donors (Lipinski definition) is 1. The van der Waals surface area contributed by atoms with Gasteiger partial charge in [-0.2, -0.15) is 0 Å². The fraction of sp³-hybridized carbons (Fsp3) is 0.308. The molecule has 1 aliphatic rings. The molecule has 3 rings (SSSR count). The second kappa shape index (κ2) is 3.37. The van der Waals surface area contributed by atoms with Gasteiger partial charge < -0.3 is 10.6 Å². The second-order valence-corrected chi connectivity index (χ2v) is 4.45. The van der Waals surface area contributed by atoms with Crippen molar-refractivity contribution in [1.82, 2.24) is 4.98 Å². The summed E-state index contributed by atoms with van der Waals surface area (Å²) in [5.41, 5.74) is 8.77. The van der Waals surface area contributed by atoms with Crippen molar-refractivity contribution >= 4 is 22.3 Å². The minimum atomic E-state index is 0.711. The number of nitrogen functional groups attached to an aromatic ring is 1. The van der Waals surface area contributed by atoms with E-state index < -0.39 is 0 Å². The smallest absolute Gasteiger partial charge is 0.0743 e. The first kappa shape index (κ1) is 9.46. The van der Waals surface area contributed by atoms with Crippen molar-refractivity contribution < 1.29 is 0 Å². The van der Waals surface area contributed by atoms with Crippen LogP contribution in [0.4, 0.5) is 11.4 Å². The van der Waals surface area contributed by atoms with E-state index in [0.29, 0.717) is 6.04 Å². The van der Waals surface area contributed by atoms with Crippen molar-refractivity contribution in [3.63, 3.8) is 0 Å². The average Bonchev–Trinajstić information content (AvgIpc) is 3.10. The molecule has 16 heavy (non-hydrogen) atoms. The Morgan fingerprint density at radius 3 is 2.88 bits per heavy atom. The van der Waals surface area contributed by atoms with Crippen LogP contribution in [0.5, 0.6) is 0 Å². The maximum absolute atomic E-state index is 5.77. The lowest BCUT2D eigenvalue weighted by molar-refractivity contribution is 0.921. The highest BCUT2D eigenvalue weighted by atomic mass is 15.2. The summed E-state index contributed by atoms with van der Waals surface area (Å²) in [7, 11) is 2.16. The van der Waals surface area contributed by atoms with Gasteiger partial charge in [0.1, 0.15) is 0 Å². The third kappa shape index (κ3) is 1.48. The lowest BCUT2D eigenvalue weighted by Gasteiger charge is -2.20. The van der Waals surface area contributed by atoms with Crippen LogP contribution in [0.15, 0.2) is 30.5 Å². The van der Waals surface area contributed by atoms with Gasteiger partial charge in [-0.25, -0.2) is 0 Å². The summed E-state index contributed by atoms with van der Waals surface area (Å²) < 4.78 is 0. The molecule has 1 aromatic carbocycles. The van der Waals surface area contributed by atoms with E-state index in [4.69, 9.17) is 5.73 Å². The Bertz CT molecular complexity index is 532. The topological polar surface area (TPSA) is 42.2 Å². The van der Waals surface area contributed by atoms with Crippen molar-refractivity contribution in [1.29, 1.82) is 0 Å². The monoisotopic (exact) mass is 213 g/mol. The Morgan fingerprint density at radius 2 is 2.12 bits per heavy atom. The minimum Gasteiger partial charge on any atom is -0.399 e. The highest BCUT2D eigenvalue weighted by Crippen LogP contribution is 2.34. The SMILES string of the molecule is CN(c1ccnc2cc(N)ccc12)C1CC1. The Hall–Kier alpha value is -1.77. The quantitative estimate of drug-likeness (QED) is 0.779. The Morgan fingerprint density at radius 1 is 1.31 bits per heavy atom. The molecule has 2 N–H and O–H groups in total. The number of hydrogen-bond acceptors (Lipinski definition) is 3. The van der Waals surface area contributed by atoms with Crippen LogP contribution in [0.25, 0.3) is 10.9 Å². The zero-order valence-corrected chi connectivity index (χ0v) is 9.35. The van der Waals surface area contributed by atoms with Crippen LogP contribution >= 0.6 is 0 Å². The molecule has 3 nitrogen and oxygen atoms in total. The Kier molecular flexibility index (Phi) is 1.99. The van der Waals surface area contributed by atoms with E-state index in [1.165, 1.54) is 23.9 Å². The molecule has 0 unspecified atom stereocenters. The molecule has 0 radical (unpaired) electrons. The average molecular weight is 213 g/mol. The molecule has 1 aromatic heterocycles. The van der Waals surface area contributed by atoms with Crippen LogP contribution in [0, 0.1) is 0 Å². The van der Waals surface area contributed by atoms with Gasteiger partial charge in [-0.3, -0.25) is 4.98 Å². The summed E-state index contributed by atoms with van der Waals surface area (Å²) in [6.07, 6.45) is 4.46. The molecule has 1 saturated carbocycles. The Balaban J connectivity index is 2.16. The van der Waals surface area contributed by atoms with Crippen LogP contribution in [0.1, 0.15) is 12.8 Å². The molecule has 0 amide bonds. The summed E-state index contributed by atoms with van der Waals surface area (Å²) >= 11 is 0. The zero-order chi connectivity index (χ0) is 11.1. The number of aromatic nitrogens is 1. The van der Waals surface area contributed by atoms with Crippen LogP contribution in [-0.2, 0) is 0 Å². The van der Waals surface area contributed by atoms with Gasteiger partial charge in [0.2, 0.25) is 0 Å². The first-order valence-electron chi connectivity index (χ1n) is 5.63. The number of nitrogens with two attached hydrogens (primary N) is 1. The maximum Gasteiger partial charge on any atom is 0.0743 e. The van der Waals surface area contributed by atoms with Crippen molar-refractivity contribution in [2.24, 2.45) is 0 Å². The van der Waals surface area contributed by atoms with E-state index in [0.717, 1.165) is 11.2 Å². The molecular formula is C13H15N3. The molecule has 1 fully saturated rings. The van der Waals surface area contributed by atoms with Crippen molar-refractivity contribution in [2.75, 3.05) is 17.7 Å². The molecule has 3 heteroatoms. The van der Waals surface area contributed by atoms with Crippen molar-refractivity contribution in [2.45, 2.75) is 18.9 Å². The number of anilines is 2. The fourth-order valence-electron chi connectivity index (χ4n) is 2.12. The summed E-state index contributed by atoms with van der Waals surface area (Å²) in [5, 5.41) is 1.19. The molecule has 2 aromatic rings.